The van der Waals surface area contributed by atoms with E-state index in [1.165, 1.54) is 61.7 Å². The van der Waals surface area contributed by atoms with Crippen LogP contribution in [0.25, 0.3) is 66.9 Å². The van der Waals surface area contributed by atoms with Gasteiger partial charge in [0.1, 0.15) is 0 Å². The Kier molecular flexibility index (Phi) is 8.32. The number of benzene rings is 4. The lowest BCUT2D eigenvalue weighted by Gasteiger charge is -2.27. The highest BCUT2D eigenvalue weighted by molar-refractivity contribution is 6.02. The lowest BCUT2D eigenvalue weighted by atomic mass is 10.1. The number of carbonyl (C=O) groups excluding carboxylic acids is 2. The Labute approximate surface area is 340 Å². The Balaban J connectivity index is 0.000000135. The molecule has 1 N–H and O–H groups in total. The van der Waals surface area contributed by atoms with Crippen molar-refractivity contribution in [1.82, 2.24) is 28.2 Å². The molecule has 4 aromatic heterocycles. The van der Waals surface area contributed by atoms with Gasteiger partial charge in [-0.3, -0.25) is 0 Å². The van der Waals surface area contributed by atoms with Crippen LogP contribution in [0.1, 0.15) is 46.4 Å². The summed E-state index contributed by atoms with van der Waals surface area (Å²) in [6.45, 7) is 5.47. The summed E-state index contributed by atoms with van der Waals surface area (Å²) < 4.78 is 19.4. The number of carbonyl (C=O) groups is 2. The topological polar surface area (TPSA) is 113 Å². The van der Waals surface area contributed by atoms with E-state index in [9.17, 15) is 9.59 Å². The highest BCUT2D eigenvalue weighted by Gasteiger charge is 2.30. The van der Waals surface area contributed by atoms with Crippen LogP contribution >= 0.6 is 0 Å². The van der Waals surface area contributed by atoms with Crippen LogP contribution in [-0.4, -0.2) is 74.5 Å². The zero-order valence-corrected chi connectivity index (χ0v) is 33.6. The van der Waals surface area contributed by atoms with Gasteiger partial charge in [-0.25, -0.2) is 19.6 Å². The van der Waals surface area contributed by atoms with Crippen LogP contribution in [0.3, 0.4) is 0 Å². The van der Waals surface area contributed by atoms with Gasteiger partial charge in [-0.05, 0) is 86.1 Å². The summed E-state index contributed by atoms with van der Waals surface area (Å²) in [6, 6.07) is 29.2. The summed E-state index contributed by atoms with van der Waals surface area (Å²) in [6.07, 6.45) is 5.22. The number of ether oxygens (including phenoxy) is 2. The summed E-state index contributed by atoms with van der Waals surface area (Å²) in [5.41, 5.74) is 11.7. The van der Waals surface area contributed by atoms with E-state index < -0.39 is 0 Å². The molecule has 12 rings (SSSR count). The fraction of sp³-hybridized carbons (Fsp3) is 0.319. The predicted octanol–water partition coefficient (Wildman–Crippen LogP) is 8.58. The molecule has 0 radical (unpaired) electrons. The fourth-order valence-electron chi connectivity index (χ4n) is 9.21. The molecule has 12 nitrogen and oxygen atoms in total. The number of esters is 2. The van der Waals surface area contributed by atoms with E-state index in [4.69, 9.17) is 19.4 Å². The number of hydrogen-bond acceptors (Lipinski definition) is 8. The van der Waals surface area contributed by atoms with Gasteiger partial charge in [0.05, 0.1) is 70.2 Å². The molecule has 2 aliphatic carbocycles. The largest absolute Gasteiger partial charge is 0.465 e. The lowest BCUT2D eigenvalue weighted by Crippen LogP contribution is -2.28. The monoisotopic (exact) mass is 786 g/mol. The molecule has 0 bridgehead atoms. The molecule has 0 amide bonds. The Bertz CT molecular complexity index is 3000. The van der Waals surface area contributed by atoms with Gasteiger partial charge in [0.2, 0.25) is 0 Å². The Morgan fingerprint density at radius 3 is 1.75 bits per heavy atom. The van der Waals surface area contributed by atoms with Crippen molar-refractivity contribution in [2.24, 2.45) is 11.8 Å². The van der Waals surface area contributed by atoms with E-state index >= 15 is 0 Å². The smallest absolute Gasteiger partial charge is 0.338 e. The third-order valence-electron chi connectivity index (χ3n) is 12.6. The summed E-state index contributed by atoms with van der Waals surface area (Å²) >= 11 is 0. The number of rotatable bonds is 8. The molecule has 4 aromatic carbocycles. The van der Waals surface area contributed by atoms with Crippen molar-refractivity contribution in [3.8, 4) is 23.0 Å². The number of para-hydroxylation sites is 2. The van der Waals surface area contributed by atoms with E-state index in [1.54, 1.807) is 0 Å². The van der Waals surface area contributed by atoms with Gasteiger partial charge in [-0.15, -0.1) is 0 Å². The second-order valence-corrected chi connectivity index (χ2v) is 16.5. The van der Waals surface area contributed by atoms with Crippen molar-refractivity contribution >= 4 is 67.2 Å². The van der Waals surface area contributed by atoms with Crippen molar-refractivity contribution in [3.63, 3.8) is 0 Å². The highest BCUT2D eigenvalue weighted by Crippen LogP contribution is 2.41. The average Bonchev–Trinajstić information content (AvgIpc) is 4.13. The van der Waals surface area contributed by atoms with E-state index in [1.807, 2.05) is 24.3 Å². The van der Waals surface area contributed by atoms with Crippen molar-refractivity contribution in [2.75, 3.05) is 44.6 Å². The van der Waals surface area contributed by atoms with Crippen molar-refractivity contribution in [1.29, 1.82) is 0 Å². The number of likely N-dealkylation sites (N-methyl/N-ethyl adjacent to an activating group) is 1. The first kappa shape index (κ1) is 35.6. The SMILES string of the molecule is COC(=O)c1cc2c3c(c1)nc(-c1cc4ccccc4n1CC1CC1)n3CCN2.COC(=O)c1cc2c3c(c1)nc(-c1cc4ccccc4n1CC1CC1)n3CCN2C. The maximum absolute atomic E-state index is 12.2. The Morgan fingerprint density at radius 2 is 1.19 bits per heavy atom. The minimum Gasteiger partial charge on any atom is -0.465 e. The number of fused-ring (bicyclic) bond motifs is 2. The quantitative estimate of drug-likeness (QED) is 0.153. The third-order valence-corrected chi connectivity index (χ3v) is 12.6. The van der Waals surface area contributed by atoms with Gasteiger partial charge in [0, 0.05) is 68.1 Å². The molecule has 12 heteroatoms. The van der Waals surface area contributed by atoms with Gasteiger partial charge < -0.3 is 38.0 Å². The van der Waals surface area contributed by atoms with Crippen LogP contribution in [0.4, 0.5) is 11.4 Å². The normalized spacial score (nSPS) is 15.7. The summed E-state index contributed by atoms with van der Waals surface area (Å²) in [5.74, 6) is 2.82. The minimum absolute atomic E-state index is 0.328. The van der Waals surface area contributed by atoms with E-state index in [0.717, 1.165) is 108 Å². The zero-order chi connectivity index (χ0) is 39.9. The van der Waals surface area contributed by atoms with Crippen LogP contribution in [0.5, 0.6) is 0 Å². The molecule has 2 aliphatic heterocycles. The zero-order valence-electron chi connectivity index (χ0n) is 33.6. The van der Waals surface area contributed by atoms with Crippen LogP contribution in [0, 0.1) is 11.8 Å². The predicted molar refractivity (Wildman–Crippen MR) is 231 cm³/mol. The molecule has 4 aliphatic rings. The molecular formula is C47H46N8O4. The number of anilines is 2. The van der Waals surface area contributed by atoms with E-state index in [2.05, 4.69) is 96.2 Å². The number of imidazole rings is 2. The van der Waals surface area contributed by atoms with Crippen molar-refractivity contribution in [2.45, 2.75) is 51.9 Å². The van der Waals surface area contributed by atoms with E-state index in [-0.39, 0.29) is 11.9 Å². The summed E-state index contributed by atoms with van der Waals surface area (Å²) in [4.78, 5) is 36.6. The molecule has 298 valence electrons. The molecule has 0 atom stereocenters. The molecule has 2 fully saturated rings. The number of nitrogens with zero attached hydrogens (tertiary/aromatic N) is 7. The van der Waals surface area contributed by atoms with Gasteiger partial charge in [-0.1, -0.05) is 36.4 Å². The van der Waals surface area contributed by atoms with Crippen LogP contribution in [0.2, 0.25) is 0 Å². The summed E-state index contributed by atoms with van der Waals surface area (Å²) in [7, 11) is 4.89. The maximum Gasteiger partial charge on any atom is 0.338 e. The number of hydrogen-bond donors (Lipinski definition) is 1. The lowest BCUT2D eigenvalue weighted by molar-refractivity contribution is 0.0592. The van der Waals surface area contributed by atoms with Crippen molar-refractivity contribution < 1.29 is 19.1 Å². The first-order chi connectivity index (χ1) is 28.9. The maximum atomic E-state index is 12.2. The number of nitrogens with one attached hydrogen (secondary N) is 1. The Hall–Kier alpha value is -6.56. The number of aromatic nitrogens is 6. The molecule has 59 heavy (non-hydrogen) atoms. The fourth-order valence-corrected chi connectivity index (χ4v) is 9.21. The molecule has 0 saturated heterocycles. The molecule has 8 aromatic rings. The first-order valence-electron chi connectivity index (χ1n) is 20.7. The molecular weight excluding hydrogens is 741 g/mol. The minimum atomic E-state index is -0.338. The molecule has 0 unspecified atom stereocenters. The second-order valence-electron chi connectivity index (χ2n) is 16.5. The van der Waals surface area contributed by atoms with E-state index in [0.29, 0.717) is 11.1 Å². The second kappa shape index (κ2) is 13.8. The van der Waals surface area contributed by atoms with Gasteiger partial charge in [-0.2, -0.15) is 0 Å². The highest BCUT2D eigenvalue weighted by atomic mass is 16.5. The van der Waals surface area contributed by atoms with Crippen LogP contribution in [0.15, 0.2) is 84.9 Å². The van der Waals surface area contributed by atoms with Gasteiger partial charge in [0.25, 0.3) is 0 Å². The van der Waals surface area contributed by atoms with Crippen molar-refractivity contribution in [3.05, 3.63) is 96.1 Å². The third kappa shape index (κ3) is 6.03. The molecule has 6 heterocycles. The Morgan fingerprint density at radius 1 is 0.661 bits per heavy atom. The summed E-state index contributed by atoms with van der Waals surface area (Å²) in [5, 5.41) is 5.91. The molecule has 0 spiro atoms. The molecule has 2 saturated carbocycles. The first-order valence-corrected chi connectivity index (χ1v) is 20.7. The van der Waals surface area contributed by atoms with Gasteiger partial charge in [0.15, 0.2) is 11.6 Å². The standard InChI is InChI=1S/C24H24N4O2.C23H22N4O2/c1-26-9-10-27-22-18(11-17(13-20(22)26)24(29)30-2)25-23(27)21-12-16-5-3-4-6-19(16)28(21)14-15-7-8-15;1-29-23(28)16-10-17-21-18(11-16)25-22(26(21)9-8-24-17)20-12-15-4-2-3-5-19(15)27(20)13-14-6-7-14/h3-6,11-13,15H,7-10,14H2,1-2H3;2-5,10-12,14,24H,6-9,13H2,1H3. The van der Waals surface area contributed by atoms with Gasteiger partial charge >= 0.3 is 11.9 Å². The van der Waals surface area contributed by atoms with Crippen LogP contribution < -0.4 is 10.2 Å². The average molecular weight is 787 g/mol. The van der Waals surface area contributed by atoms with Crippen LogP contribution in [-0.2, 0) is 35.7 Å². The number of methoxy groups -OCH3 is 2.